The molecule has 1 aliphatic rings. The average Bonchev–Trinajstić information content (AvgIpc) is 2.10. The van der Waals surface area contributed by atoms with Gasteiger partial charge < -0.3 is 14.9 Å². The maximum atomic E-state index is 10.4. The molecule has 4 nitrogen and oxygen atoms in total. The quantitative estimate of drug-likeness (QED) is 0.476. The number of rotatable bonds is 1. The van der Waals surface area contributed by atoms with Crippen LogP contribution in [0.1, 0.15) is 6.42 Å². The highest BCUT2D eigenvalue weighted by molar-refractivity contribution is 4.75. The Balaban J connectivity index is 2.38. The van der Waals surface area contributed by atoms with Gasteiger partial charge >= 0.3 is 0 Å². The minimum Gasteiger partial charge on any atom is -0.394 e. The van der Waals surface area contributed by atoms with Crippen LogP contribution in [0.25, 0.3) is 0 Å². The van der Waals surface area contributed by atoms with E-state index in [0.717, 1.165) is 0 Å². The Bertz CT molecular complexity index is 95.0. The van der Waals surface area contributed by atoms with Gasteiger partial charge in [0.15, 0.2) is 6.29 Å². The van der Waals surface area contributed by atoms with E-state index in [1.807, 2.05) is 0 Å². The van der Waals surface area contributed by atoms with E-state index in [2.05, 4.69) is 4.74 Å². The number of aliphatic hydroxyl groups excluding tert-OH is 2. The summed E-state index contributed by atoms with van der Waals surface area (Å²) < 4.78 is 4.57. The van der Waals surface area contributed by atoms with Crippen LogP contribution in [0.4, 0.5) is 0 Å². The van der Waals surface area contributed by atoms with Gasteiger partial charge in [-0.2, -0.15) is 0 Å². The molecule has 2 N–H and O–H groups in total. The summed E-state index contributed by atoms with van der Waals surface area (Å²) in [5.41, 5.74) is 0. The molecule has 1 rings (SSSR count). The van der Waals surface area contributed by atoms with Crippen molar-refractivity contribution < 1.29 is 20.1 Å². The van der Waals surface area contributed by atoms with Gasteiger partial charge in [-0.25, -0.2) is 5.11 Å². The molecule has 0 spiro atoms. The Labute approximate surface area is 52.7 Å². The van der Waals surface area contributed by atoms with Crippen molar-refractivity contribution in [2.75, 3.05) is 6.61 Å². The Morgan fingerprint density at radius 2 is 2.33 bits per heavy atom. The molecule has 4 heteroatoms. The smallest absolute Gasteiger partial charge is 0.194 e. The largest absolute Gasteiger partial charge is 0.394 e. The Morgan fingerprint density at radius 1 is 1.67 bits per heavy atom. The topological polar surface area (TPSA) is 69.6 Å². The second-order valence-corrected chi connectivity index (χ2v) is 2.09. The van der Waals surface area contributed by atoms with Crippen LogP contribution < -0.4 is 0 Å². The average molecular weight is 133 g/mol. The first-order valence-corrected chi connectivity index (χ1v) is 2.84. The molecule has 1 heterocycles. The summed E-state index contributed by atoms with van der Waals surface area (Å²) in [6.45, 7) is -0.278. The van der Waals surface area contributed by atoms with Gasteiger partial charge in [0, 0.05) is 6.42 Å². The molecule has 0 aromatic carbocycles. The first-order chi connectivity index (χ1) is 4.24. The Kier molecular flexibility index (Phi) is 2.02. The lowest BCUT2D eigenvalue weighted by molar-refractivity contribution is -0.140. The summed E-state index contributed by atoms with van der Waals surface area (Å²) in [4.78, 5) is 0. The molecule has 0 unspecified atom stereocenters. The lowest BCUT2D eigenvalue weighted by Gasteiger charge is -2.07. The van der Waals surface area contributed by atoms with Crippen LogP contribution in [0.3, 0.4) is 0 Å². The predicted octanol–water partition coefficient (Wildman–Crippen LogP) is -1.11. The fourth-order valence-corrected chi connectivity index (χ4v) is 0.855. The van der Waals surface area contributed by atoms with Crippen LogP contribution in [0.15, 0.2) is 0 Å². The molecule has 53 valence electrons. The Hall–Kier alpha value is -0.160. The second-order valence-electron chi connectivity index (χ2n) is 2.09. The van der Waals surface area contributed by atoms with Crippen molar-refractivity contribution in [1.82, 2.24) is 0 Å². The normalized spacial score (nSPS) is 43.7. The van der Waals surface area contributed by atoms with Gasteiger partial charge in [-0.1, -0.05) is 0 Å². The van der Waals surface area contributed by atoms with Crippen LogP contribution in [-0.2, 0) is 9.84 Å². The van der Waals surface area contributed by atoms with E-state index in [1.165, 1.54) is 0 Å². The van der Waals surface area contributed by atoms with Crippen molar-refractivity contribution in [3.63, 3.8) is 0 Å². The molecule has 0 aromatic rings. The molecular weight excluding hydrogens is 124 g/mol. The number of ether oxygens (including phenoxy) is 1. The minimum atomic E-state index is -1.16. The van der Waals surface area contributed by atoms with Crippen molar-refractivity contribution in [2.45, 2.75) is 24.9 Å². The van der Waals surface area contributed by atoms with Crippen LogP contribution >= 0.6 is 0 Å². The standard InChI is InChI=1S/C5H9O4/c6-2-4-3(7)1-5(8)9-4/h3-7H,1-2H2/t3-,4+,5-/m0/s1. The van der Waals surface area contributed by atoms with E-state index in [1.54, 1.807) is 0 Å². The molecule has 1 saturated heterocycles. The Morgan fingerprint density at radius 3 is 2.56 bits per heavy atom. The predicted molar refractivity (Wildman–Crippen MR) is 27.1 cm³/mol. The second kappa shape index (κ2) is 2.62. The fraction of sp³-hybridized carbons (Fsp3) is 1.00. The summed E-state index contributed by atoms with van der Waals surface area (Å²) in [7, 11) is 0. The van der Waals surface area contributed by atoms with E-state index < -0.39 is 18.5 Å². The zero-order chi connectivity index (χ0) is 6.85. The molecule has 0 aromatic heterocycles. The third-order valence-corrected chi connectivity index (χ3v) is 1.37. The third kappa shape index (κ3) is 1.40. The first kappa shape index (κ1) is 6.95. The first-order valence-electron chi connectivity index (χ1n) is 2.84. The summed E-state index contributed by atoms with van der Waals surface area (Å²) in [6, 6.07) is 0. The summed E-state index contributed by atoms with van der Waals surface area (Å²) >= 11 is 0. The van der Waals surface area contributed by atoms with E-state index >= 15 is 0 Å². The van der Waals surface area contributed by atoms with Crippen LogP contribution in [0, 0.1) is 0 Å². The van der Waals surface area contributed by atoms with Crippen molar-refractivity contribution in [3.8, 4) is 0 Å². The van der Waals surface area contributed by atoms with Gasteiger partial charge in [-0.05, 0) is 0 Å². The van der Waals surface area contributed by atoms with Gasteiger partial charge in [-0.3, -0.25) is 0 Å². The molecule has 1 radical (unpaired) electrons. The van der Waals surface area contributed by atoms with E-state index in [4.69, 9.17) is 10.2 Å². The molecule has 0 aliphatic carbocycles. The number of aliphatic hydroxyl groups is 2. The van der Waals surface area contributed by atoms with E-state index in [0.29, 0.717) is 0 Å². The zero-order valence-corrected chi connectivity index (χ0v) is 4.86. The zero-order valence-electron chi connectivity index (χ0n) is 4.86. The highest BCUT2D eigenvalue weighted by Crippen LogP contribution is 2.17. The van der Waals surface area contributed by atoms with Gasteiger partial charge in [-0.15, -0.1) is 0 Å². The SMILES string of the molecule is [O][C@@H]1C[C@H](O)[C@@H](CO)O1. The van der Waals surface area contributed by atoms with E-state index in [-0.39, 0.29) is 13.0 Å². The number of hydrogen-bond acceptors (Lipinski definition) is 3. The lowest BCUT2D eigenvalue weighted by Crippen LogP contribution is -2.24. The molecule has 0 saturated carbocycles. The molecule has 1 aliphatic heterocycles. The molecule has 0 bridgehead atoms. The molecular formula is C5H9O4. The van der Waals surface area contributed by atoms with Gasteiger partial charge in [0.2, 0.25) is 0 Å². The third-order valence-electron chi connectivity index (χ3n) is 1.37. The summed E-state index contributed by atoms with van der Waals surface area (Å²) in [6.07, 6.45) is -2.51. The minimum absolute atomic E-state index is 0.0885. The highest BCUT2D eigenvalue weighted by atomic mass is 16.6. The molecule has 3 atom stereocenters. The lowest BCUT2D eigenvalue weighted by atomic mass is 10.2. The van der Waals surface area contributed by atoms with Crippen LogP contribution in [-0.4, -0.2) is 35.3 Å². The monoisotopic (exact) mass is 133 g/mol. The van der Waals surface area contributed by atoms with Crippen LogP contribution in [0.5, 0.6) is 0 Å². The molecule has 9 heavy (non-hydrogen) atoms. The molecule has 0 amide bonds. The molecule has 1 fully saturated rings. The van der Waals surface area contributed by atoms with Crippen molar-refractivity contribution in [2.24, 2.45) is 0 Å². The van der Waals surface area contributed by atoms with Crippen molar-refractivity contribution in [3.05, 3.63) is 0 Å². The maximum absolute atomic E-state index is 10.4. The number of hydrogen-bond donors (Lipinski definition) is 2. The van der Waals surface area contributed by atoms with E-state index in [9.17, 15) is 5.11 Å². The van der Waals surface area contributed by atoms with Gasteiger partial charge in [0.1, 0.15) is 6.10 Å². The summed E-state index contributed by atoms with van der Waals surface area (Å²) in [5.74, 6) is 0. The maximum Gasteiger partial charge on any atom is 0.194 e. The van der Waals surface area contributed by atoms with Crippen molar-refractivity contribution >= 4 is 0 Å². The summed E-state index contributed by atoms with van der Waals surface area (Å²) in [5, 5.41) is 27.7. The van der Waals surface area contributed by atoms with Gasteiger partial charge in [0.05, 0.1) is 12.7 Å². The fourth-order valence-electron chi connectivity index (χ4n) is 0.855. The van der Waals surface area contributed by atoms with Crippen LogP contribution in [0.2, 0.25) is 0 Å². The highest BCUT2D eigenvalue weighted by Gasteiger charge is 2.32. The van der Waals surface area contributed by atoms with Gasteiger partial charge in [0.25, 0.3) is 0 Å². The van der Waals surface area contributed by atoms with Crippen molar-refractivity contribution in [1.29, 1.82) is 0 Å².